The van der Waals surface area contributed by atoms with Crippen molar-refractivity contribution in [3.8, 4) is 5.75 Å². The van der Waals surface area contributed by atoms with E-state index in [1.54, 1.807) is 0 Å². The zero-order chi connectivity index (χ0) is 12.3. The number of halogens is 1. The summed E-state index contributed by atoms with van der Waals surface area (Å²) in [6.07, 6.45) is 0.929. The number of alkyl halides is 1. The Hall–Kier alpha value is -1.22. The van der Waals surface area contributed by atoms with Crippen LogP contribution in [0, 0.1) is 0 Å². The summed E-state index contributed by atoms with van der Waals surface area (Å²) < 4.78 is 5.65. The van der Waals surface area contributed by atoms with Gasteiger partial charge in [-0.25, -0.2) is 0 Å². The van der Waals surface area contributed by atoms with E-state index < -0.39 is 0 Å². The number of rotatable bonds is 4. The van der Waals surface area contributed by atoms with Crippen molar-refractivity contribution in [2.45, 2.75) is 32.5 Å². The molecule has 0 saturated heterocycles. The number of hydrogen-bond donors (Lipinski definition) is 0. The van der Waals surface area contributed by atoms with Gasteiger partial charge in [-0.1, -0.05) is 17.3 Å². The highest BCUT2D eigenvalue weighted by Gasteiger charge is 2.21. The second-order valence-electron chi connectivity index (χ2n) is 4.32. The Morgan fingerprint density at radius 2 is 2.35 bits per heavy atom. The smallest absolute Gasteiger partial charge is 0.146 e. The molecule has 3 nitrogen and oxygen atoms in total. The molecule has 0 spiro atoms. The molecule has 0 bridgehead atoms. The van der Waals surface area contributed by atoms with Gasteiger partial charge in [0, 0.05) is 12.0 Å². The van der Waals surface area contributed by atoms with Gasteiger partial charge < -0.3 is 9.57 Å². The third-order valence-electron chi connectivity index (χ3n) is 2.44. The van der Waals surface area contributed by atoms with Crippen LogP contribution in [-0.4, -0.2) is 23.8 Å². The summed E-state index contributed by atoms with van der Waals surface area (Å²) in [6, 6.07) is 7.90. The molecular formula is C13H16ClNO2. The molecule has 1 unspecified atom stereocenters. The second-order valence-corrected chi connectivity index (χ2v) is 4.63. The Bertz CT molecular complexity index is 418. The van der Waals surface area contributed by atoms with Crippen LogP contribution in [-0.2, 0) is 4.84 Å². The lowest BCUT2D eigenvalue weighted by Crippen LogP contribution is -2.10. The Morgan fingerprint density at radius 1 is 1.53 bits per heavy atom. The fraction of sp³-hybridized carbons (Fsp3) is 0.462. The molecule has 0 aliphatic carbocycles. The molecule has 0 N–H and O–H groups in total. The normalized spacial score (nSPS) is 19.1. The van der Waals surface area contributed by atoms with Crippen LogP contribution in [0.15, 0.2) is 29.4 Å². The predicted molar refractivity (Wildman–Crippen MR) is 69.0 cm³/mol. The molecule has 1 aliphatic rings. The van der Waals surface area contributed by atoms with Crippen molar-refractivity contribution in [1.82, 2.24) is 0 Å². The zero-order valence-corrected chi connectivity index (χ0v) is 10.8. The average Bonchev–Trinajstić information content (AvgIpc) is 2.77. The minimum Gasteiger partial charge on any atom is -0.491 e. The number of ether oxygens (including phenoxy) is 1. The molecule has 0 saturated carbocycles. The Kier molecular flexibility index (Phi) is 3.89. The van der Waals surface area contributed by atoms with Crippen molar-refractivity contribution in [2.24, 2.45) is 5.16 Å². The molecule has 92 valence electrons. The van der Waals surface area contributed by atoms with Crippen LogP contribution in [0.1, 0.15) is 25.8 Å². The maximum Gasteiger partial charge on any atom is 0.146 e. The quantitative estimate of drug-likeness (QED) is 0.772. The standard InChI is InChI=1S/C13H16ClNO2/c1-9(2)16-11-5-3-4-10(6-11)13-7-12(8-14)17-15-13/h3-6,9,12H,7-8H2,1-2H3. The first-order valence-corrected chi connectivity index (χ1v) is 6.28. The fourth-order valence-corrected chi connectivity index (χ4v) is 1.87. The van der Waals surface area contributed by atoms with Crippen LogP contribution in [0.4, 0.5) is 0 Å². The van der Waals surface area contributed by atoms with Gasteiger partial charge in [0.15, 0.2) is 0 Å². The van der Waals surface area contributed by atoms with Gasteiger partial charge >= 0.3 is 0 Å². The number of hydrogen-bond acceptors (Lipinski definition) is 3. The third kappa shape index (κ3) is 3.13. The highest BCUT2D eigenvalue weighted by molar-refractivity contribution is 6.18. The second kappa shape index (κ2) is 5.41. The van der Waals surface area contributed by atoms with Crippen molar-refractivity contribution in [2.75, 3.05) is 5.88 Å². The summed E-state index contributed by atoms with van der Waals surface area (Å²) in [5.74, 6) is 1.32. The first-order chi connectivity index (χ1) is 8.19. The van der Waals surface area contributed by atoms with Crippen LogP contribution >= 0.6 is 11.6 Å². The first-order valence-electron chi connectivity index (χ1n) is 5.75. The van der Waals surface area contributed by atoms with Gasteiger partial charge in [-0.2, -0.15) is 0 Å². The fourth-order valence-electron chi connectivity index (χ4n) is 1.70. The van der Waals surface area contributed by atoms with E-state index >= 15 is 0 Å². The van der Waals surface area contributed by atoms with E-state index in [1.165, 1.54) is 0 Å². The van der Waals surface area contributed by atoms with Gasteiger partial charge in [0.25, 0.3) is 0 Å². The summed E-state index contributed by atoms with van der Waals surface area (Å²) in [5.41, 5.74) is 1.97. The molecule has 17 heavy (non-hydrogen) atoms. The van der Waals surface area contributed by atoms with Crippen LogP contribution < -0.4 is 4.74 Å². The molecule has 1 aliphatic heterocycles. The monoisotopic (exact) mass is 253 g/mol. The largest absolute Gasteiger partial charge is 0.491 e. The van der Waals surface area contributed by atoms with Gasteiger partial charge in [-0.3, -0.25) is 0 Å². The van der Waals surface area contributed by atoms with Crippen molar-refractivity contribution in [3.63, 3.8) is 0 Å². The van der Waals surface area contributed by atoms with E-state index in [-0.39, 0.29) is 12.2 Å². The van der Waals surface area contributed by atoms with E-state index in [0.717, 1.165) is 23.4 Å². The van der Waals surface area contributed by atoms with Crippen LogP contribution in [0.5, 0.6) is 5.75 Å². The predicted octanol–water partition coefficient (Wildman–Crippen LogP) is 3.21. The van der Waals surface area contributed by atoms with E-state index in [0.29, 0.717) is 5.88 Å². The topological polar surface area (TPSA) is 30.8 Å². The molecule has 0 fully saturated rings. The van der Waals surface area contributed by atoms with Gasteiger partial charge in [-0.15, -0.1) is 11.6 Å². The van der Waals surface area contributed by atoms with E-state index in [1.807, 2.05) is 38.1 Å². The third-order valence-corrected chi connectivity index (χ3v) is 2.79. The Labute approximate surface area is 106 Å². The van der Waals surface area contributed by atoms with Gasteiger partial charge in [0.1, 0.15) is 11.9 Å². The lowest BCUT2D eigenvalue weighted by Gasteiger charge is -2.10. The maximum absolute atomic E-state index is 5.74. The van der Waals surface area contributed by atoms with Gasteiger partial charge in [-0.05, 0) is 26.0 Å². The van der Waals surface area contributed by atoms with Gasteiger partial charge in [0.05, 0.1) is 17.7 Å². The first kappa shape index (κ1) is 12.2. The molecule has 1 aromatic rings. The van der Waals surface area contributed by atoms with E-state index in [4.69, 9.17) is 21.2 Å². The SMILES string of the molecule is CC(C)Oc1cccc(C2=NOC(CCl)C2)c1. The highest BCUT2D eigenvalue weighted by atomic mass is 35.5. The Balaban J connectivity index is 2.11. The molecule has 4 heteroatoms. The molecule has 0 amide bonds. The summed E-state index contributed by atoms with van der Waals surface area (Å²) >= 11 is 5.74. The molecule has 2 rings (SSSR count). The molecule has 0 radical (unpaired) electrons. The minimum absolute atomic E-state index is 0.00124. The summed E-state index contributed by atoms with van der Waals surface area (Å²) in [5, 5.41) is 4.06. The summed E-state index contributed by atoms with van der Waals surface area (Å²) in [4.78, 5) is 5.21. The summed E-state index contributed by atoms with van der Waals surface area (Å²) in [7, 11) is 0. The number of benzene rings is 1. The Morgan fingerprint density at radius 3 is 3.00 bits per heavy atom. The summed E-state index contributed by atoms with van der Waals surface area (Å²) in [6.45, 7) is 4.01. The van der Waals surface area contributed by atoms with Crippen molar-refractivity contribution < 1.29 is 9.57 Å². The van der Waals surface area contributed by atoms with Crippen LogP contribution in [0.2, 0.25) is 0 Å². The lowest BCUT2D eigenvalue weighted by atomic mass is 10.1. The molecule has 1 atom stereocenters. The maximum atomic E-state index is 5.74. The average molecular weight is 254 g/mol. The zero-order valence-electron chi connectivity index (χ0n) is 10.0. The molecule has 0 aromatic heterocycles. The van der Waals surface area contributed by atoms with E-state index in [2.05, 4.69) is 5.16 Å². The van der Waals surface area contributed by atoms with E-state index in [9.17, 15) is 0 Å². The van der Waals surface area contributed by atoms with Crippen molar-refractivity contribution in [1.29, 1.82) is 0 Å². The number of nitrogens with zero attached hydrogens (tertiary/aromatic N) is 1. The van der Waals surface area contributed by atoms with Crippen molar-refractivity contribution in [3.05, 3.63) is 29.8 Å². The lowest BCUT2D eigenvalue weighted by molar-refractivity contribution is 0.102. The van der Waals surface area contributed by atoms with Crippen LogP contribution in [0.3, 0.4) is 0 Å². The van der Waals surface area contributed by atoms with Crippen LogP contribution in [0.25, 0.3) is 0 Å². The van der Waals surface area contributed by atoms with Crippen molar-refractivity contribution >= 4 is 17.3 Å². The molecule has 1 aromatic carbocycles. The molecular weight excluding hydrogens is 238 g/mol. The highest BCUT2D eigenvalue weighted by Crippen LogP contribution is 2.21. The minimum atomic E-state index is 0.00124. The molecule has 1 heterocycles. The number of oxime groups is 1. The van der Waals surface area contributed by atoms with Gasteiger partial charge in [0.2, 0.25) is 0 Å².